The van der Waals surface area contributed by atoms with Gasteiger partial charge in [-0.05, 0) is 11.6 Å². The van der Waals surface area contributed by atoms with Crippen LogP contribution in [0.2, 0.25) is 0 Å². The van der Waals surface area contributed by atoms with Gasteiger partial charge in [0.05, 0.1) is 12.0 Å². The van der Waals surface area contributed by atoms with Crippen molar-refractivity contribution in [2.75, 3.05) is 0 Å². The molecule has 0 unspecified atom stereocenters. The Balaban J connectivity index is 2.03. The van der Waals surface area contributed by atoms with Gasteiger partial charge in [-0.15, -0.1) is 0 Å². The number of hydrogen-bond acceptors (Lipinski definition) is 3. The van der Waals surface area contributed by atoms with Gasteiger partial charge in [0, 0.05) is 7.05 Å². The highest BCUT2D eigenvalue weighted by atomic mass is 15.1. The van der Waals surface area contributed by atoms with Gasteiger partial charge in [-0.3, -0.25) is 0 Å². The highest BCUT2D eigenvalue weighted by Gasteiger charge is 2.04. The molecule has 18 heavy (non-hydrogen) atoms. The number of nitrogens with zero attached hydrogens (tertiary/aromatic N) is 4. The molecule has 3 aromatic rings. The van der Waals surface area contributed by atoms with E-state index in [0.717, 1.165) is 22.4 Å². The molecule has 0 saturated carbocycles. The second-order valence-electron chi connectivity index (χ2n) is 4.03. The molecule has 0 fully saturated rings. The molecule has 0 aliphatic carbocycles. The molecule has 0 saturated heterocycles. The predicted octanol–water partition coefficient (Wildman–Crippen LogP) is 2.53. The molecule has 4 heteroatoms. The third-order valence-electron chi connectivity index (χ3n) is 2.76. The molecule has 0 N–H and O–H groups in total. The molecule has 4 nitrogen and oxygen atoms in total. The molecule has 0 aliphatic rings. The first kappa shape index (κ1) is 10.7. The summed E-state index contributed by atoms with van der Waals surface area (Å²) >= 11 is 0. The van der Waals surface area contributed by atoms with Crippen LogP contribution in [0.5, 0.6) is 0 Å². The lowest BCUT2D eigenvalue weighted by Crippen LogP contribution is -1.90. The Morgan fingerprint density at radius 1 is 1.00 bits per heavy atom. The molecule has 0 amide bonds. The highest BCUT2D eigenvalue weighted by Crippen LogP contribution is 2.14. The minimum atomic E-state index is 0.826. The summed E-state index contributed by atoms with van der Waals surface area (Å²) < 4.78 is 1.89. The quantitative estimate of drug-likeness (QED) is 0.686. The molecule has 0 spiro atoms. The number of imidazole rings is 1. The average molecular weight is 236 g/mol. The van der Waals surface area contributed by atoms with Gasteiger partial charge in [-0.2, -0.15) is 0 Å². The third-order valence-corrected chi connectivity index (χ3v) is 2.76. The van der Waals surface area contributed by atoms with Crippen molar-refractivity contribution < 1.29 is 0 Å². The zero-order chi connectivity index (χ0) is 12.4. The first-order valence-corrected chi connectivity index (χ1v) is 5.70. The zero-order valence-corrected chi connectivity index (χ0v) is 9.99. The van der Waals surface area contributed by atoms with Crippen LogP contribution in [0.15, 0.2) is 43.0 Å². The van der Waals surface area contributed by atoms with Crippen molar-refractivity contribution in [3.63, 3.8) is 0 Å². The lowest BCUT2D eigenvalue weighted by molar-refractivity contribution is 0.928. The van der Waals surface area contributed by atoms with E-state index in [-0.39, 0.29) is 0 Å². The SMILES string of the molecule is Cn1cnc2c(/C=C/c3ccccc3)ncnc21. The Kier molecular flexibility index (Phi) is 2.61. The summed E-state index contributed by atoms with van der Waals surface area (Å²) in [7, 11) is 1.92. The summed E-state index contributed by atoms with van der Waals surface area (Å²) in [6.07, 6.45) is 7.30. The fourth-order valence-electron chi connectivity index (χ4n) is 1.82. The molecule has 0 bridgehead atoms. The van der Waals surface area contributed by atoms with E-state index >= 15 is 0 Å². The summed E-state index contributed by atoms with van der Waals surface area (Å²) in [5.74, 6) is 0. The van der Waals surface area contributed by atoms with E-state index in [2.05, 4.69) is 15.0 Å². The fraction of sp³-hybridized carbons (Fsp3) is 0.0714. The van der Waals surface area contributed by atoms with E-state index in [9.17, 15) is 0 Å². The van der Waals surface area contributed by atoms with Gasteiger partial charge in [0.15, 0.2) is 5.65 Å². The van der Waals surface area contributed by atoms with Crippen molar-refractivity contribution in [3.8, 4) is 0 Å². The minimum absolute atomic E-state index is 0.826. The molecule has 0 atom stereocenters. The Morgan fingerprint density at radius 3 is 2.67 bits per heavy atom. The largest absolute Gasteiger partial charge is 0.318 e. The maximum absolute atomic E-state index is 4.32. The summed E-state index contributed by atoms with van der Waals surface area (Å²) in [4.78, 5) is 12.8. The number of aryl methyl sites for hydroxylation is 1. The number of hydrogen-bond donors (Lipinski definition) is 0. The molecule has 2 aromatic heterocycles. The maximum atomic E-state index is 4.32. The van der Waals surface area contributed by atoms with Crippen LogP contribution >= 0.6 is 0 Å². The van der Waals surface area contributed by atoms with E-state index in [0.29, 0.717) is 0 Å². The van der Waals surface area contributed by atoms with Gasteiger partial charge in [-0.1, -0.05) is 36.4 Å². The van der Waals surface area contributed by atoms with E-state index in [1.807, 2.05) is 54.1 Å². The van der Waals surface area contributed by atoms with Crippen LogP contribution in [0.4, 0.5) is 0 Å². The van der Waals surface area contributed by atoms with Crippen LogP contribution in [-0.2, 0) is 7.05 Å². The molecule has 2 heterocycles. The zero-order valence-electron chi connectivity index (χ0n) is 9.99. The summed E-state index contributed by atoms with van der Waals surface area (Å²) in [6.45, 7) is 0. The van der Waals surface area contributed by atoms with Gasteiger partial charge >= 0.3 is 0 Å². The molecular formula is C14H12N4. The van der Waals surface area contributed by atoms with Crippen molar-refractivity contribution in [1.82, 2.24) is 19.5 Å². The number of fused-ring (bicyclic) bond motifs is 1. The van der Waals surface area contributed by atoms with E-state index in [4.69, 9.17) is 0 Å². The maximum Gasteiger partial charge on any atom is 0.163 e. The standard InChI is InChI=1S/C14H12N4/c1-18-10-17-13-12(15-9-16-14(13)18)8-7-11-5-3-2-4-6-11/h2-10H,1H3/b8-7+. The van der Waals surface area contributed by atoms with Gasteiger partial charge in [-0.25, -0.2) is 15.0 Å². The second-order valence-corrected chi connectivity index (χ2v) is 4.03. The van der Waals surface area contributed by atoms with Crippen LogP contribution in [0, 0.1) is 0 Å². The van der Waals surface area contributed by atoms with E-state index in [1.54, 1.807) is 12.7 Å². The van der Waals surface area contributed by atoms with Gasteiger partial charge < -0.3 is 4.57 Å². The first-order valence-electron chi connectivity index (χ1n) is 5.70. The highest BCUT2D eigenvalue weighted by molar-refractivity contribution is 5.83. The number of aromatic nitrogens is 4. The Morgan fingerprint density at radius 2 is 1.83 bits per heavy atom. The summed E-state index contributed by atoms with van der Waals surface area (Å²) in [6, 6.07) is 10.1. The Bertz CT molecular complexity index is 698. The third kappa shape index (κ3) is 1.88. The molecule has 3 rings (SSSR count). The minimum Gasteiger partial charge on any atom is -0.318 e. The van der Waals surface area contributed by atoms with Crippen LogP contribution in [-0.4, -0.2) is 19.5 Å². The van der Waals surface area contributed by atoms with Crippen LogP contribution in [0.1, 0.15) is 11.3 Å². The summed E-state index contributed by atoms with van der Waals surface area (Å²) in [5.41, 5.74) is 3.65. The molecule has 88 valence electrons. The first-order chi connectivity index (χ1) is 8.84. The van der Waals surface area contributed by atoms with Crippen molar-refractivity contribution >= 4 is 23.3 Å². The Labute approximate surface area is 105 Å². The van der Waals surface area contributed by atoms with Gasteiger partial charge in [0.1, 0.15) is 11.8 Å². The van der Waals surface area contributed by atoms with E-state index < -0.39 is 0 Å². The van der Waals surface area contributed by atoms with E-state index in [1.165, 1.54) is 0 Å². The van der Waals surface area contributed by atoms with Crippen LogP contribution < -0.4 is 0 Å². The topological polar surface area (TPSA) is 43.6 Å². The average Bonchev–Trinajstić information content (AvgIpc) is 2.80. The van der Waals surface area contributed by atoms with Crippen molar-refractivity contribution in [1.29, 1.82) is 0 Å². The second kappa shape index (κ2) is 4.41. The molecule has 0 radical (unpaired) electrons. The van der Waals surface area contributed by atoms with Gasteiger partial charge in [0.25, 0.3) is 0 Å². The molecule has 0 aliphatic heterocycles. The van der Waals surface area contributed by atoms with Crippen LogP contribution in [0.3, 0.4) is 0 Å². The number of rotatable bonds is 2. The predicted molar refractivity (Wildman–Crippen MR) is 71.7 cm³/mol. The van der Waals surface area contributed by atoms with Crippen molar-refractivity contribution in [3.05, 3.63) is 54.2 Å². The fourth-order valence-corrected chi connectivity index (χ4v) is 1.82. The lowest BCUT2D eigenvalue weighted by atomic mass is 10.2. The normalized spacial score (nSPS) is 11.4. The van der Waals surface area contributed by atoms with Crippen molar-refractivity contribution in [2.24, 2.45) is 7.05 Å². The Hall–Kier alpha value is -2.49. The monoisotopic (exact) mass is 236 g/mol. The van der Waals surface area contributed by atoms with Gasteiger partial charge in [0.2, 0.25) is 0 Å². The molecular weight excluding hydrogens is 224 g/mol. The molecule has 1 aromatic carbocycles. The smallest absolute Gasteiger partial charge is 0.163 e. The van der Waals surface area contributed by atoms with Crippen molar-refractivity contribution in [2.45, 2.75) is 0 Å². The van der Waals surface area contributed by atoms with Crippen LogP contribution in [0.25, 0.3) is 23.3 Å². The lowest BCUT2D eigenvalue weighted by Gasteiger charge is -1.96. The summed E-state index contributed by atoms with van der Waals surface area (Å²) in [5, 5.41) is 0. The number of benzene rings is 1.